The van der Waals surface area contributed by atoms with Crippen molar-refractivity contribution in [3.63, 3.8) is 0 Å². The molecule has 164 valence electrons. The van der Waals surface area contributed by atoms with E-state index < -0.39 is 10.0 Å². The van der Waals surface area contributed by atoms with Gasteiger partial charge in [0.05, 0.1) is 22.7 Å². The summed E-state index contributed by atoms with van der Waals surface area (Å²) < 4.78 is 28.0. The predicted octanol–water partition coefficient (Wildman–Crippen LogP) is 3.60. The van der Waals surface area contributed by atoms with Crippen LogP contribution in [0.25, 0.3) is 11.3 Å². The number of para-hydroxylation sites is 1. The maximum atomic E-state index is 12.6. The van der Waals surface area contributed by atoms with Crippen LogP contribution in [-0.4, -0.2) is 30.3 Å². The van der Waals surface area contributed by atoms with Gasteiger partial charge in [-0.25, -0.2) is 23.1 Å². The van der Waals surface area contributed by atoms with E-state index in [1.54, 1.807) is 30.5 Å². The third-order valence-corrected chi connectivity index (χ3v) is 7.31. The van der Waals surface area contributed by atoms with Crippen molar-refractivity contribution in [2.24, 2.45) is 0 Å². The molecule has 1 saturated carbocycles. The molecule has 0 atom stereocenters. The molecule has 1 fully saturated rings. The Hall–Kier alpha value is -3.30. The molecule has 5 rings (SSSR count). The summed E-state index contributed by atoms with van der Waals surface area (Å²) in [5.41, 5.74) is 3.65. The first-order valence-electron chi connectivity index (χ1n) is 10.6. The number of amides is 1. The van der Waals surface area contributed by atoms with E-state index in [-0.39, 0.29) is 23.3 Å². The molecular formula is C23H23N5O3S. The van der Waals surface area contributed by atoms with Gasteiger partial charge in [-0.2, -0.15) is 0 Å². The van der Waals surface area contributed by atoms with E-state index >= 15 is 0 Å². The van der Waals surface area contributed by atoms with Gasteiger partial charge in [0.1, 0.15) is 0 Å². The summed E-state index contributed by atoms with van der Waals surface area (Å²) in [6, 6.07) is 14.1. The van der Waals surface area contributed by atoms with Crippen LogP contribution in [-0.2, 0) is 21.2 Å². The van der Waals surface area contributed by atoms with Crippen LogP contribution < -0.4 is 15.4 Å². The minimum absolute atomic E-state index is 0.0232. The Morgan fingerprint density at radius 3 is 2.53 bits per heavy atom. The van der Waals surface area contributed by atoms with Crippen molar-refractivity contribution in [2.45, 2.75) is 43.0 Å². The molecule has 1 aliphatic heterocycles. The summed E-state index contributed by atoms with van der Waals surface area (Å²) >= 11 is 0. The molecule has 1 aromatic heterocycles. The van der Waals surface area contributed by atoms with Crippen molar-refractivity contribution in [3.8, 4) is 11.3 Å². The molecule has 0 bridgehead atoms. The molecule has 3 aromatic rings. The third kappa shape index (κ3) is 4.21. The SMILES string of the molecule is O=C1Cc2cnc(Nc3ccc(S(=O)(=O)NC4CCCC4)cc3)nc2-c2ccccc2N1. The van der Waals surface area contributed by atoms with Crippen LogP contribution in [0.4, 0.5) is 17.3 Å². The van der Waals surface area contributed by atoms with Crippen molar-refractivity contribution in [1.82, 2.24) is 14.7 Å². The van der Waals surface area contributed by atoms with Crippen molar-refractivity contribution >= 4 is 33.3 Å². The first-order chi connectivity index (χ1) is 15.5. The predicted molar refractivity (Wildman–Crippen MR) is 122 cm³/mol. The maximum Gasteiger partial charge on any atom is 0.240 e. The standard InChI is InChI=1S/C23H23N5O3S/c29-21-13-15-14-24-23(27-22(15)19-7-3-4-8-20(19)26-21)25-16-9-11-18(12-10-16)32(30,31)28-17-5-1-2-6-17/h3-4,7-12,14,17,28H,1-2,5-6,13H2,(H,26,29)(H,24,25,27). The molecule has 1 aliphatic carbocycles. The highest BCUT2D eigenvalue weighted by atomic mass is 32.2. The molecule has 0 saturated heterocycles. The lowest BCUT2D eigenvalue weighted by Gasteiger charge is -2.13. The monoisotopic (exact) mass is 449 g/mol. The van der Waals surface area contributed by atoms with Crippen LogP contribution in [0.15, 0.2) is 59.6 Å². The number of hydrogen-bond donors (Lipinski definition) is 3. The Morgan fingerprint density at radius 2 is 1.75 bits per heavy atom. The van der Waals surface area contributed by atoms with Gasteiger partial charge in [0, 0.05) is 29.1 Å². The molecule has 9 heteroatoms. The lowest BCUT2D eigenvalue weighted by Crippen LogP contribution is -2.32. The van der Waals surface area contributed by atoms with Gasteiger partial charge in [-0.15, -0.1) is 0 Å². The van der Waals surface area contributed by atoms with Crippen LogP contribution in [0.2, 0.25) is 0 Å². The Labute approximate surface area is 186 Å². The van der Waals surface area contributed by atoms with Crippen LogP contribution in [0, 0.1) is 0 Å². The normalized spacial score (nSPS) is 16.1. The number of nitrogens with zero attached hydrogens (tertiary/aromatic N) is 2. The fourth-order valence-corrected chi connectivity index (χ4v) is 5.48. The van der Waals surface area contributed by atoms with E-state index in [1.165, 1.54) is 0 Å². The van der Waals surface area contributed by atoms with E-state index in [0.717, 1.165) is 36.8 Å². The molecule has 0 spiro atoms. The van der Waals surface area contributed by atoms with E-state index in [9.17, 15) is 13.2 Å². The Bertz CT molecular complexity index is 1270. The van der Waals surface area contributed by atoms with Gasteiger partial charge in [0.15, 0.2) is 0 Å². The Kier molecular flexibility index (Phi) is 5.36. The molecule has 2 aliphatic rings. The Morgan fingerprint density at radius 1 is 1.00 bits per heavy atom. The zero-order valence-corrected chi connectivity index (χ0v) is 18.2. The number of sulfonamides is 1. The second-order valence-corrected chi connectivity index (χ2v) is 9.80. The fourth-order valence-electron chi connectivity index (χ4n) is 4.17. The number of anilines is 3. The second-order valence-electron chi connectivity index (χ2n) is 8.09. The van der Waals surface area contributed by atoms with Gasteiger partial charge in [0.25, 0.3) is 0 Å². The van der Waals surface area contributed by atoms with Gasteiger partial charge < -0.3 is 10.6 Å². The zero-order chi connectivity index (χ0) is 22.1. The summed E-state index contributed by atoms with van der Waals surface area (Å²) in [4.78, 5) is 21.4. The van der Waals surface area contributed by atoms with Crippen LogP contribution >= 0.6 is 0 Å². The number of carbonyl (C=O) groups excluding carboxylic acids is 1. The van der Waals surface area contributed by atoms with Gasteiger partial charge in [-0.3, -0.25) is 4.79 Å². The first-order valence-corrected chi connectivity index (χ1v) is 12.1. The van der Waals surface area contributed by atoms with Crippen molar-refractivity contribution in [3.05, 3.63) is 60.3 Å². The van der Waals surface area contributed by atoms with E-state index in [2.05, 4.69) is 25.3 Å². The minimum Gasteiger partial charge on any atom is -0.325 e. The molecular weight excluding hydrogens is 426 g/mol. The average molecular weight is 450 g/mol. The largest absolute Gasteiger partial charge is 0.325 e. The smallest absolute Gasteiger partial charge is 0.240 e. The second kappa shape index (κ2) is 8.33. The van der Waals surface area contributed by atoms with Crippen LogP contribution in [0.3, 0.4) is 0 Å². The van der Waals surface area contributed by atoms with Crippen LogP contribution in [0.5, 0.6) is 0 Å². The van der Waals surface area contributed by atoms with Gasteiger partial charge in [-0.1, -0.05) is 31.0 Å². The number of aromatic nitrogens is 2. The van der Waals surface area contributed by atoms with Gasteiger partial charge in [-0.05, 0) is 43.2 Å². The number of carbonyl (C=O) groups is 1. The number of hydrogen-bond acceptors (Lipinski definition) is 6. The molecule has 2 heterocycles. The number of benzene rings is 2. The Balaban J connectivity index is 1.38. The number of fused-ring (bicyclic) bond motifs is 3. The number of nitrogens with one attached hydrogen (secondary N) is 3. The summed E-state index contributed by atoms with van der Waals surface area (Å²) in [5, 5.41) is 6.02. The van der Waals surface area contributed by atoms with E-state index in [4.69, 9.17) is 0 Å². The minimum atomic E-state index is -3.54. The molecule has 2 aromatic carbocycles. The average Bonchev–Trinajstić information content (AvgIpc) is 3.23. The quantitative estimate of drug-likeness (QED) is 0.549. The topological polar surface area (TPSA) is 113 Å². The molecule has 0 unspecified atom stereocenters. The highest BCUT2D eigenvalue weighted by Gasteiger charge is 2.23. The molecule has 3 N–H and O–H groups in total. The molecule has 0 radical (unpaired) electrons. The van der Waals surface area contributed by atoms with Gasteiger partial charge in [0.2, 0.25) is 21.9 Å². The van der Waals surface area contributed by atoms with Crippen molar-refractivity contribution in [2.75, 3.05) is 10.6 Å². The first kappa shape index (κ1) is 20.6. The highest BCUT2D eigenvalue weighted by Crippen LogP contribution is 2.33. The summed E-state index contributed by atoms with van der Waals surface area (Å²) in [5.74, 6) is 0.260. The molecule has 1 amide bonds. The van der Waals surface area contributed by atoms with E-state index in [1.807, 2.05) is 24.3 Å². The third-order valence-electron chi connectivity index (χ3n) is 5.77. The van der Waals surface area contributed by atoms with Gasteiger partial charge >= 0.3 is 0 Å². The van der Waals surface area contributed by atoms with Crippen molar-refractivity contribution < 1.29 is 13.2 Å². The fraction of sp³-hybridized carbons (Fsp3) is 0.261. The highest BCUT2D eigenvalue weighted by molar-refractivity contribution is 7.89. The van der Waals surface area contributed by atoms with E-state index in [0.29, 0.717) is 23.0 Å². The summed E-state index contributed by atoms with van der Waals surface area (Å²) in [6.45, 7) is 0. The lowest BCUT2D eigenvalue weighted by atomic mass is 10.1. The number of rotatable bonds is 5. The van der Waals surface area contributed by atoms with Crippen molar-refractivity contribution in [1.29, 1.82) is 0 Å². The zero-order valence-electron chi connectivity index (χ0n) is 17.3. The summed E-state index contributed by atoms with van der Waals surface area (Å²) in [7, 11) is -3.54. The molecule has 8 nitrogen and oxygen atoms in total. The lowest BCUT2D eigenvalue weighted by molar-refractivity contribution is -0.115. The molecule has 32 heavy (non-hydrogen) atoms. The van der Waals surface area contributed by atoms with Crippen LogP contribution in [0.1, 0.15) is 31.2 Å². The summed E-state index contributed by atoms with van der Waals surface area (Å²) in [6.07, 6.45) is 5.75. The maximum absolute atomic E-state index is 12.6.